The van der Waals surface area contributed by atoms with Crippen molar-refractivity contribution in [1.82, 2.24) is 0 Å². The first kappa shape index (κ1) is 91.8. The third kappa shape index (κ3) is 33.8. The van der Waals surface area contributed by atoms with Crippen molar-refractivity contribution in [2.45, 2.75) is 117 Å². The van der Waals surface area contributed by atoms with Crippen LogP contribution in [0.2, 0.25) is 0 Å². The lowest BCUT2D eigenvalue weighted by Gasteiger charge is -2.34. The number of fused-ring (bicyclic) bond motifs is 4. The molecular weight excluding hydrogens is 1390 g/mol. The maximum atomic E-state index is 11.6. The van der Waals surface area contributed by atoms with Gasteiger partial charge in [-0.3, -0.25) is 28.8 Å². The molecule has 0 aliphatic carbocycles. The van der Waals surface area contributed by atoms with Crippen molar-refractivity contribution in [3.05, 3.63) is 121 Å². The van der Waals surface area contributed by atoms with E-state index in [2.05, 4.69) is 55.5 Å². The number of ketones is 2. The number of rotatable bonds is 16. The van der Waals surface area contributed by atoms with Gasteiger partial charge in [-0.2, -0.15) is 0 Å². The number of aldehydes is 2. The van der Waals surface area contributed by atoms with Crippen LogP contribution in [-0.4, -0.2) is 190 Å². The molecule has 4 fully saturated rings. The van der Waals surface area contributed by atoms with Gasteiger partial charge in [0, 0.05) is 122 Å². The normalized spacial score (nSPS) is 19.6. The Morgan fingerprint density at radius 1 is 0.591 bits per heavy atom. The van der Waals surface area contributed by atoms with Crippen LogP contribution < -0.4 is 0 Å². The Hall–Kier alpha value is -4.88. The van der Waals surface area contributed by atoms with Crippen LogP contribution in [0.25, 0.3) is 0 Å². The first-order valence-corrected chi connectivity index (χ1v) is 32.4. The number of furan rings is 4. The Labute approximate surface area is 541 Å². The molecular formula is C60H96I2O26. The molecule has 26 nitrogen and oxygen atoms in total. The summed E-state index contributed by atoms with van der Waals surface area (Å²) >= 11 is 4.24. The van der Waals surface area contributed by atoms with Gasteiger partial charge >= 0.3 is 11.9 Å². The van der Waals surface area contributed by atoms with E-state index in [4.69, 9.17) is 76.6 Å². The van der Waals surface area contributed by atoms with Crippen molar-refractivity contribution in [2.24, 2.45) is 11.8 Å². The summed E-state index contributed by atoms with van der Waals surface area (Å²) < 4.78 is 80.1. The highest BCUT2D eigenvalue weighted by Gasteiger charge is 2.58. The largest absolute Gasteiger partial charge is 0.465 e. The molecule has 0 saturated carbocycles. The van der Waals surface area contributed by atoms with Gasteiger partial charge in [0.15, 0.2) is 48.2 Å². The molecule has 88 heavy (non-hydrogen) atoms. The summed E-state index contributed by atoms with van der Waals surface area (Å²) in [5, 5.41) is 29.1. The predicted molar refractivity (Wildman–Crippen MR) is 340 cm³/mol. The quantitative estimate of drug-likeness (QED) is 0.0267. The smallest absolute Gasteiger partial charge is 0.309 e. The third-order valence-corrected chi connectivity index (χ3v) is 11.3. The van der Waals surface area contributed by atoms with E-state index in [-0.39, 0.29) is 88.2 Å². The average molecular weight is 1490 g/mol. The Kier molecular flexibility index (Phi) is 59.8. The van der Waals surface area contributed by atoms with E-state index in [1.165, 1.54) is 12.5 Å². The van der Waals surface area contributed by atoms with Gasteiger partial charge in [-0.05, 0) is 101 Å². The predicted octanol–water partition coefficient (Wildman–Crippen LogP) is 9.27. The van der Waals surface area contributed by atoms with Gasteiger partial charge in [-0.15, -0.1) is 0 Å². The lowest BCUT2D eigenvalue weighted by Crippen LogP contribution is -2.49. The molecule has 4 bridgehead atoms. The van der Waals surface area contributed by atoms with Crippen molar-refractivity contribution >= 4 is 73.3 Å². The molecule has 6 atom stereocenters. The molecule has 0 radical (unpaired) electrons. The van der Waals surface area contributed by atoms with Crippen LogP contribution in [0.3, 0.4) is 0 Å². The monoisotopic (exact) mass is 1490 g/mol. The molecule has 6 aliphatic rings. The van der Waals surface area contributed by atoms with Crippen molar-refractivity contribution in [1.29, 1.82) is 0 Å². The molecule has 28 heteroatoms. The number of methoxy groups -OCH3 is 8. The molecule has 10 heterocycles. The number of hydrogen-bond donors (Lipinski definition) is 4. The summed E-state index contributed by atoms with van der Waals surface area (Å²) in [5.41, 5.74) is -1.27. The minimum Gasteiger partial charge on any atom is -0.465 e. The molecule has 0 aromatic carbocycles. The average Bonchev–Trinajstić information content (AvgIpc) is 4.48. The van der Waals surface area contributed by atoms with Crippen LogP contribution in [0.4, 0.5) is 0 Å². The van der Waals surface area contributed by atoms with E-state index >= 15 is 0 Å². The molecule has 4 N–H and O–H groups in total. The topological polar surface area (TPSA) is 347 Å². The van der Waals surface area contributed by atoms with Gasteiger partial charge in [0.25, 0.3) is 0 Å². The van der Waals surface area contributed by atoms with Gasteiger partial charge in [0.1, 0.15) is 36.0 Å². The van der Waals surface area contributed by atoms with Crippen molar-refractivity contribution in [2.75, 3.05) is 97.5 Å². The molecule has 4 aromatic heterocycles. The molecule has 0 spiro atoms. The van der Waals surface area contributed by atoms with Gasteiger partial charge in [-0.1, -0.05) is 27.0 Å². The number of cyclic esters (lactones) is 2. The number of aliphatic hydroxyl groups is 4. The number of hydrogen-bond acceptors (Lipinski definition) is 26. The zero-order valence-electron chi connectivity index (χ0n) is 51.2. The van der Waals surface area contributed by atoms with Crippen LogP contribution in [0.1, 0.15) is 113 Å². The molecule has 10 rings (SSSR count). The molecule has 6 unspecified atom stereocenters. The highest BCUT2D eigenvalue weighted by Crippen LogP contribution is 2.47. The number of carbonyl (C=O) groups is 6. The minimum atomic E-state index is -0.708. The summed E-state index contributed by atoms with van der Waals surface area (Å²) in [6.07, 6.45) is 16.0. The summed E-state index contributed by atoms with van der Waals surface area (Å²) in [4.78, 5) is 61.8. The third-order valence-electron chi connectivity index (χ3n) is 11.3. The summed E-state index contributed by atoms with van der Waals surface area (Å²) in [5.74, 6) is 2.07. The van der Waals surface area contributed by atoms with E-state index in [1.54, 1.807) is 146 Å². The fourth-order valence-corrected chi connectivity index (χ4v) is 7.66. The van der Waals surface area contributed by atoms with Crippen molar-refractivity contribution < 1.29 is 124 Å². The fourth-order valence-electron chi connectivity index (χ4n) is 7.66. The van der Waals surface area contributed by atoms with E-state index in [9.17, 15) is 28.8 Å². The van der Waals surface area contributed by atoms with Gasteiger partial charge < -0.3 is 94.9 Å². The number of Topliss-reactive ketones (excluding diaryl/α,β-unsaturated/α-hetero) is 2. The van der Waals surface area contributed by atoms with Crippen LogP contribution in [0, 0.1) is 11.8 Å². The number of ether oxygens (including phenoxy) is 12. The van der Waals surface area contributed by atoms with Gasteiger partial charge in [0.05, 0.1) is 61.9 Å². The number of esters is 2. The van der Waals surface area contributed by atoms with Crippen LogP contribution >= 0.6 is 37.2 Å². The van der Waals surface area contributed by atoms with Crippen LogP contribution in [0.5, 0.6) is 0 Å². The second kappa shape index (κ2) is 57.3. The maximum Gasteiger partial charge on any atom is 0.309 e. The molecule has 506 valence electrons. The lowest BCUT2D eigenvalue weighted by molar-refractivity contribution is -0.210. The first-order chi connectivity index (χ1) is 41.5. The molecule has 4 aromatic rings. The zero-order valence-corrected chi connectivity index (χ0v) is 55.5. The van der Waals surface area contributed by atoms with Gasteiger partial charge in [0.2, 0.25) is 12.6 Å². The standard InChI is InChI=1S/2C11H16O4.2C7H10O3.2C5H4O2.2C3H4O2.2C2H6O.2CH4O.2CH4.I2/c1-7(12)8-6-11(10(13-2)14-3)5-4-9(8)15-11;1-7(12)9-6-8-4-5-11(9,15-8)10(13-2)14-3;2*1-8-7(9-2)6-4-3-5-10-6;2*6-4-5-2-1-3-7-5;2*4-3-1-2-5-3;2*1-2-3;2*1-2;;;1-2/h2*4-5,8-10H,6H2,1-3H3;2*3-5,7H,1-2H3;2*1-4H;2*1-2H2;2*3H,2H2,1H3;2*2H,1H3;2*1H4;. The first-order valence-electron chi connectivity index (χ1n) is 26.1. The van der Waals surface area contributed by atoms with Crippen molar-refractivity contribution in [3.63, 3.8) is 0 Å². The fraction of sp³-hybridized carbons (Fsp3) is 0.567. The molecule has 0 amide bonds. The minimum absolute atomic E-state index is 0. The van der Waals surface area contributed by atoms with Crippen molar-refractivity contribution in [3.8, 4) is 0 Å². The second-order valence-corrected chi connectivity index (χ2v) is 16.7. The van der Waals surface area contributed by atoms with E-state index in [1.807, 2.05) is 24.3 Å². The summed E-state index contributed by atoms with van der Waals surface area (Å²) in [7, 11) is 14.5. The zero-order chi connectivity index (χ0) is 65.9. The van der Waals surface area contributed by atoms with Crippen LogP contribution in [-0.2, 0) is 76.0 Å². The Balaban J connectivity index is -0.000000296. The highest BCUT2D eigenvalue weighted by atomic mass is 128. The summed E-state index contributed by atoms with van der Waals surface area (Å²) in [6.45, 7) is 8.33. The van der Waals surface area contributed by atoms with Gasteiger partial charge in [-0.25, -0.2) is 0 Å². The molecule has 4 saturated heterocycles. The van der Waals surface area contributed by atoms with E-state index in [0.717, 1.165) is 20.6 Å². The second-order valence-electron chi connectivity index (χ2n) is 16.7. The van der Waals surface area contributed by atoms with Crippen LogP contribution in [0.15, 0.2) is 116 Å². The highest BCUT2D eigenvalue weighted by molar-refractivity contribution is 15.0. The van der Waals surface area contributed by atoms with E-state index in [0.29, 0.717) is 68.1 Å². The summed E-state index contributed by atoms with van der Waals surface area (Å²) in [6, 6.07) is 13.7. The number of aliphatic hydroxyl groups excluding tert-OH is 4. The lowest BCUT2D eigenvalue weighted by atomic mass is 9.80. The Morgan fingerprint density at radius 2 is 0.955 bits per heavy atom. The Morgan fingerprint density at radius 3 is 1.18 bits per heavy atom. The Bertz CT molecular complexity index is 2180. The SMILES string of the molecule is C.C.CCO.CCO.CO.CO.COC(OC)C12C=CC(CC1C(C)=O)O2.COC(OC)C12C=CC(O1)C(C(C)=O)C2.COC(OC)c1ccco1.COC(OC)c1ccco1.II.O=C1CCO1.O=C1CCO1.O=Cc1ccco1.O=Cc1ccco1. The van der Waals surface area contributed by atoms with E-state index < -0.39 is 23.8 Å². The number of carbonyl (C=O) groups excluding carboxylic acids is 6. The molecule has 6 aliphatic heterocycles. The number of halogens is 2. The maximum absolute atomic E-state index is 11.6.